The summed E-state index contributed by atoms with van der Waals surface area (Å²) in [6.07, 6.45) is -1.23. The molecular formula is C3H6O3Ru. The molecule has 0 radical (unpaired) electrons. The minimum atomic E-state index is -1.23. The molecule has 0 heterocycles. The summed E-state index contributed by atoms with van der Waals surface area (Å²) >= 11 is 0. The van der Waals surface area contributed by atoms with Crippen LogP contribution in [-0.4, -0.2) is 22.3 Å². The molecule has 0 aromatic rings. The maximum atomic E-state index is 9.45. The van der Waals surface area contributed by atoms with E-state index in [0.29, 0.717) is 0 Å². The van der Waals surface area contributed by atoms with E-state index >= 15 is 0 Å². The minimum absolute atomic E-state index is 0. The fourth-order valence-electron chi connectivity index (χ4n) is 0. The van der Waals surface area contributed by atoms with Gasteiger partial charge in [-0.2, -0.15) is 0 Å². The molecule has 0 bridgehead atoms. The van der Waals surface area contributed by atoms with Crippen molar-refractivity contribution in [2.45, 2.75) is 13.0 Å². The molecule has 2 N–H and O–H groups in total. The van der Waals surface area contributed by atoms with Gasteiger partial charge < -0.3 is 10.2 Å². The molecule has 0 saturated heterocycles. The summed E-state index contributed by atoms with van der Waals surface area (Å²) in [5.41, 5.74) is 0. The second-order valence-corrected chi connectivity index (χ2v) is 1.01. The van der Waals surface area contributed by atoms with Crippen LogP contribution < -0.4 is 0 Å². The Morgan fingerprint density at radius 3 is 1.86 bits per heavy atom. The predicted octanol–water partition coefficient (Wildman–Crippen LogP) is -0.551. The van der Waals surface area contributed by atoms with E-state index in [0.717, 1.165) is 0 Å². The smallest absolute Gasteiger partial charge is 0.332 e. The summed E-state index contributed by atoms with van der Waals surface area (Å²) in [5, 5.41) is 15.8. The number of hydrogen-bond acceptors (Lipinski definition) is 2. The van der Waals surface area contributed by atoms with Gasteiger partial charge in [-0.15, -0.1) is 0 Å². The second kappa shape index (κ2) is 4.22. The molecule has 0 rings (SSSR count). The molecule has 0 aliphatic carbocycles. The first-order valence-corrected chi connectivity index (χ1v) is 1.55. The van der Waals surface area contributed by atoms with Gasteiger partial charge in [-0.1, -0.05) is 0 Å². The van der Waals surface area contributed by atoms with Crippen molar-refractivity contribution in [1.29, 1.82) is 0 Å². The number of carboxylic acids is 1. The topological polar surface area (TPSA) is 57.5 Å². The van der Waals surface area contributed by atoms with E-state index in [-0.39, 0.29) is 19.5 Å². The van der Waals surface area contributed by atoms with E-state index in [1.165, 1.54) is 6.92 Å². The third-order valence-electron chi connectivity index (χ3n) is 0.357. The van der Waals surface area contributed by atoms with Crippen molar-refractivity contribution in [3.8, 4) is 0 Å². The third kappa shape index (κ3) is 6.05. The summed E-state index contributed by atoms with van der Waals surface area (Å²) in [4.78, 5) is 9.45. The van der Waals surface area contributed by atoms with Gasteiger partial charge in [0.25, 0.3) is 0 Å². The van der Waals surface area contributed by atoms with Gasteiger partial charge in [-0.05, 0) is 6.92 Å². The Balaban J connectivity index is 0. The zero-order valence-corrected chi connectivity index (χ0v) is 5.47. The van der Waals surface area contributed by atoms with E-state index in [4.69, 9.17) is 10.2 Å². The van der Waals surface area contributed by atoms with E-state index in [1.807, 2.05) is 0 Å². The largest absolute Gasteiger partial charge is 0.479 e. The Kier molecular flexibility index (Phi) is 6.10. The molecule has 44 valence electrons. The van der Waals surface area contributed by atoms with E-state index in [9.17, 15) is 4.79 Å². The zero-order valence-electron chi connectivity index (χ0n) is 3.73. The fraction of sp³-hybridized carbons (Fsp3) is 0.667. The van der Waals surface area contributed by atoms with Crippen molar-refractivity contribution in [1.82, 2.24) is 0 Å². The van der Waals surface area contributed by atoms with E-state index in [2.05, 4.69) is 0 Å². The van der Waals surface area contributed by atoms with Gasteiger partial charge in [-0.25, -0.2) is 4.79 Å². The van der Waals surface area contributed by atoms with Crippen LogP contribution in [0.5, 0.6) is 0 Å². The third-order valence-corrected chi connectivity index (χ3v) is 0.357. The average Bonchev–Trinajstić information content (AvgIpc) is 1.36. The second-order valence-electron chi connectivity index (χ2n) is 1.01. The standard InChI is InChI=1S/C3H6O3.Ru/c1-2(4)3(5)6;/h2,4H,1H3,(H,5,6);. The Hall–Kier alpha value is 0.0534. The van der Waals surface area contributed by atoms with Crippen molar-refractivity contribution < 1.29 is 34.5 Å². The van der Waals surface area contributed by atoms with E-state index in [1.54, 1.807) is 0 Å². The molecule has 0 amide bonds. The van der Waals surface area contributed by atoms with Gasteiger partial charge in [0, 0.05) is 19.5 Å². The Morgan fingerprint density at radius 2 is 1.86 bits per heavy atom. The van der Waals surface area contributed by atoms with Crippen LogP contribution in [-0.2, 0) is 24.3 Å². The maximum Gasteiger partial charge on any atom is 0.332 e. The van der Waals surface area contributed by atoms with Crippen molar-refractivity contribution >= 4 is 5.97 Å². The Bertz CT molecular complexity index is 61.2. The summed E-state index contributed by atoms with van der Waals surface area (Å²) in [5.74, 6) is -1.19. The summed E-state index contributed by atoms with van der Waals surface area (Å²) in [7, 11) is 0. The van der Waals surface area contributed by atoms with E-state index < -0.39 is 12.1 Å². The van der Waals surface area contributed by atoms with Crippen LogP contribution in [0.1, 0.15) is 6.92 Å². The van der Waals surface area contributed by atoms with Gasteiger partial charge >= 0.3 is 5.97 Å². The molecule has 0 aromatic carbocycles. The number of hydrogen-bond donors (Lipinski definition) is 2. The first-order valence-electron chi connectivity index (χ1n) is 1.55. The summed E-state index contributed by atoms with van der Waals surface area (Å²) < 4.78 is 0. The molecule has 1 unspecified atom stereocenters. The number of carbonyl (C=O) groups is 1. The molecule has 7 heavy (non-hydrogen) atoms. The van der Waals surface area contributed by atoms with Gasteiger partial charge in [0.15, 0.2) is 0 Å². The van der Waals surface area contributed by atoms with Crippen LogP contribution in [0.25, 0.3) is 0 Å². The van der Waals surface area contributed by atoms with Crippen molar-refractivity contribution in [2.75, 3.05) is 0 Å². The molecule has 0 aliphatic rings. The fourth-order valence-corrected chi connectivity index (χ4v) is 0. The molecule has 0 spiro atoms. The minimum Gasteiger partial charge on any atom is -0.479 e. The van der Waals surface area contributed by atoms with Crippen molar-refractivity contribution in [2.24, 2.45) is 0 Å². The number of rotatable bonds is 1. The molecular weight excluding hydrogens is 185 g/mol. The van der Waals surface area contributed by atoms with Crippen LogP contribution in [0.4, 0.5) is 0 Å². The van der Waals surface area contributed by atoms with Crippen LogP contribution in [0, 0.1) is 0 Å². The van der Waals surface area contributed by atoms with Gasteiger partial charge in [0.05, 0.1) is 0 Å². The summed E-state index contributed by atoms with van der Waals surface area (Å²) in [6.45, 7) is 1.20. The number of aliphatic hydroxyl groups excluding tert-OH is 1. The van der Waals surface area contributed by atoms with Crippen molar-refractivity contribution in [3.05, 3.63) is 0 Å². The number of carboxylic acid groups (broad SMARTS) is 1. The van der Waals surface area contributed by atoms with Gasteiger partial charge in [0.2, 0.25) is 0 Å². The zero-order chi connectivity index (χ0) is 5.15. The van der Waals surface area contributed by atoms with Gasteiger partial charge in [-0.3, -0.25) is 0 Å². The van der Waals surface area contributed by atoms with Crippen LogP contribution >= 0.6 is 0 Å². The quantitative estimate of drug-likeness (QED) is 0.547. The predicted molar refractivity (Wildman–Crippen MR) is 19.3 cm³/mol. The van der Waals surface area contributed by atoms with Crippen LogP contribution in [0.2, 0.25) is 0 Å². The first-order chi connectivity index (χ1) is 2.64. The molecule has 0 fully saturated rings. The Labute approximate surface area is 54.1 Å². The summed E-state index contributed by atoms with van der Waals surface area (Å²) in [6, 6.07) is 0. The van der Waals surface area contributed by atoms with Crippen LogP contribution in [0.15, 0.2) is 0 Å². The Morgan fingerprint density at radius 1 is 1.71 bits per heavy atom. The molecule has 0 saturated carbocycles. The monoisotopic (exact) mass is 192 g/mol. The number of aliphatic hydroxyl groups is 1. The first kappa shape index (κ1) is 10.1. The molecule has 1 atom stereocenters. The molecule has 4 heteroatoms. The molecule has 0 aliphatic heterocycles. The van der Waals surface area contributed by atoms with Crippen molar-refractivity contribution in [3.63, 3.8) is 0 Å². The van der Waals surface area contributed by atoms with Crippen LogP contribution in [0.3, 0.4) is 0 Å². The van der Waals surface area contributed by atoms with Gasteiger partial charge in [0.1, 0.15) is 6.10 Å². The molecule has 3 nitrogen and oxygen atoms in total. The number of aliphatic carboxylic acids is 1. The SMILES string of the molecule is CC(O)C(=O)O.[Ru]. The molecule has 0 aromatic heterocycles. The normalized spacial score (nSPS) is 11.7. The average molecular weight is 191 g/mol. The maximum absolute atomic E-state index is 9.45.